The van der Waals surface area contributed by atoms with Crippen molar-refractivity contribution in [2.24, 2.45) is 5.92 Å². The number of carbonyl (C=O) groups excluding carboxylic acids is 1. The number of likely N-dealkylation sites (N-methyl/N-ethyl adjacent to an activating group) is 1. The molecular formula is C18H29ClFN3O. The first-order chi connectivity index (χ1) is 11.1. The van der Waals surface area contributed by atoms with Crippen molar-refractivity contribution in [3.63, 3.8) is 0 Å². The second kappa shape index (κ2) is 10.6. The summed E-state index contributed by atoms with van der Waals surface area (Å²) in [4.78, 5) is 16.2. The predicted molar refractivity (Wildman–Crippen MR) is 97.8 cm³/mol. The number of benzene rings is 1. The molecule has 136 valence electrons. The minimum atomic E-state index is -0.252. The minimum Gasteiger partial charge on any atom is -0.340 e. The molecule has 1 aliphatic rings. The van der Waals surface area contributed by atoms with Gasteiger partial charge in [-0.3, -0.25) is 9.69 Å². The smallest absolute Gasteiger partial charge is 0.236 e. The van der Waals surface area contributed by atoms with E-state index in [1.54, 1.807) is 30.1 Å². The molecule has 1 N–H and O–H groups in total. The Morgan fingerprint density at radius 2 is 2.00 bits per heavy atom. The molecule has 0 atom stereocenters. The Morgan fingerprint density at radius 3 is 2.62 bits per heavy atom. The molecule has 0 spiro atoms. The first kappa shape index (κ1) is 20.9. The first-order valence-corrected chi connectivity index (χ1v) is 8.44. The first-order valence-electron chi connectivity index (χ1n) is 8.44. The van der Waals surface area contributed by atoms with Crippen LogP contribution in [0.25, 0.3) is 0 Å². The second-order valence-corrected chi connectivity index (χ2v) is 6.45. The summed E-state index contributed by atoms with van der Waals surface area (Å²) in [6.07, 6.45) is 3.53. The van der Waals surface area contributed by atoms with Crippen molar-refractivity contribution in [1.82, 2.24) is 15.1 Å². The maximum atomic E-state index is 13.7. The Kier molecular flexibility index (Phi) is 9.26. The van der Waals surface area contributed by atoms with Crippen LogP contribution in [0.5, 0.6) is 0 Å². The number of piperidine rings is 1. The molecule has 0 aliphatic carbocycles. The summed E-state index contributed by atoms with van der Waals surface area (Å²) in [5.74, 6) is 0.573. The monoisotopic (exact) mass is 357 g/mol. The molecule has 1 amide bonds. The molecule has 24 heavy (non-hydrogen) atoms. The van der Waals surface area contributed by atoms with Crippen molar-refractivity contribution in [1.29, 1.82) is 0 Å². The zero-order chi connectivity index (χ0) is 16.7. The van der Waals surface area contributed by atoms with Crippen molar-refractivity contribution >= 4 is 18.3 Å². The summed E-state index contributed by atoms with van der Waals surface area (Å²) in [6, 6.07) is 6.63. The molecular weight excluding hydrogens is 329 g/mol. The number of likely N-dealkylation sites (tertiary alicyclic amines) is 1. The molecule has 0 radical (unpaired) electrons. The van der Waals surface area contributed by atoms with Gasteiger partial charge in [0.15, 0.2) is 0 Å². The van der Waals surface area contributed by atoms with Gasteiger partial charge in [0.1, 0.15) is 5.82 Å². The van der Waals surface area contributed by atoms with Crippen LogP contribution in [0.15, 0.2) is 24.3 Å². The number of hydrogen-bond acceptors (Lipinski definition) is 3. The van der Waals surface area contributed by atoms with Crippen molar-refractivity contribution in [2.75, 3.05) is 40.3 Å². The highest BCUT2D eigenvalue weighted by Gasteiger charge is 2.22. The van der Waals surface area contributed by atoms with Crippen LogP contribution in [0, 0.1) is 11.7 Å². The number of rotatable bonds is 7. The van der Waals surface area contributed by atoms with E-state index in [9.17, 15) is 9.18 Å². The van der Waals surface area contributed by atoms with E-state index in [4.69, 9.17) is 0 Å². The lowest BCUT2D eigenvalue weighted by molar-refractivity contribution is -0.132. The van der Waals surface area contributed by atoms with Crippen molar-refractivity contribution in [2.45, 2.75) is 25.8 Å². The molecule has 2 rings (SSSR count). The fourth-order valence-electron chi connectivity index (χ4n) is 3.06. The van der Waals surface area contributed by atoms with E-state index in [2.05, 4.69) is 10.2 Å². The fraction of sp³-hybridized carbons (Fsp3) is 0.611. The van der Waals surface area contributed by atoms with Crippen LogP contribution in [-0.2, 0) is 11.3 Å². The van der Waals surface area contributed by atoms with E-state index in [-0.39, 0.29) is 24.1 Å². The number of hydrogen-bond donors (Lipinski definition) is 1. The minimum absolute atomic E-state index is 0. The van der Waals surface area contributed by atoms with Crippen LogP contribution in [0.3, 0.4) is 0 Å². The zero-order valence-corrected chi connectivity index (χ0v) is 15.4. The molecule has 0 aromatic heterocycles. The Bertz CT molecular complexity index is 507. The number of halogens is 2. The molecule has 6 heteroatoms. The van der Waals surface area contributed by atoms with Gasteiger partial charge in [-0.15, -0.1) is 12.4 Å². The van der Waals surface area contributed by atoms with Gasteiger partial charge in [0, 0.05) is 19.2 Å². The third-order valence-corrected chi connectivity index (χ3v) is 4.66. The van der Waals surface area contributed by atoms with Crippen molar-refractivity contribution in [3.05, 3.63) is 35.6 Å². The van der Waals surface area contributed by atoms with Gasteiger partial charge in [-0.2, -0.15) is 0 Å². The van der Waals surface area contributed by atoms with Crippen LogP contribution < -0.4 is 5.32 Å². The molecule has 0 bridgehead atoms. The van der Waals surface area contributed by atoms with Crippen LogP contribution >= 0.6 is 12.4 Å². The van der Waals surface area contributed by atoms with E-state index >= 15 is 0 Å². The van der Waals surface area contributed by atoms with Gasteiger partial charge in [-0.05, 0) is 57.9 Å². The molecule has 1 aliphatic heterocycles. The lowest BCUT2D eigenvalue weighted by Crippen LogP contribution is -2.42. The summed E-state index contributed by atoms with van der Waals surface area (Å²) in [5, 5.41) is 3.20. The largest absolute Gasteiger partial charge is 0.340 e. The van der Waals surface area contributed by atoms with E-state index in [0.717, 1.165) is 38.4 Å². The molecule has 1 heterocycles. The van der Waals surface area contributed by atoms with Crippen LogP contribution in [0.1, 0.15) is 24.8 Å². The van der Waals surface area contributed by atoms with Crippen molar-refractivity contribution < 1.29 is 9.18 Å². The maximum absolute atomic E-state index is 13.7. The van der Waals surface area contributed by atoms with E-state index < -0.39 is 0 Å². The normalized spacial score (nSPS) is 15.8. The van der Waals surface area contributed by atoms with Gasteiger partial charge in [-0.1, -0.05) is 18.2 Å². The van der Waals surface area contributed by atoms with Gasteiger partial charge < -0.3 is 10.2 Å². The summed E-state index contributed by atoms with van der Waals surface area (Å²) >= 11 is 0. The third-order valence-electron chi connectivity index (χ3n) is 4.66. The molecule has 1 aromatic carbocycles. The fourth-order valence-corrected chi connectivity index (χ4v) is 3.06. The van der Waals surface area contributed by atoms with E-state index in [0.29, 0.717) is 18.7 Å². The highest BCUT2D eigenvalue weighted by molar-refractivity contribution is 5.85. The van der Waals surface area contributed by atoms with Gasteiger partial charge in [0.25, 0.3) is 0 Å². The van der Waals surface area contributed by atoms with E-state index in [1.165, 1.54) is 12.5 Å². The summed E-state index contributed by atoms with van der Waals surface area (Å²) < 4.78 is 13.7. The third kappa shape index (κ3) is 6.38. The van der Waals surface area contributed by atoms with Crippen LogP contribution in [0.4, 0.5) is 4.39 Å². The highest BCUT2D eigenvalue weighted by atomic mass is 35.5. The summed E-state index contributed by atoms with van der Waals surface area (Å²) in [5.41, 5.74) is 0.564. The Balaban J connectivity index is 0.00000288. The average Bonchev–Trinajstić information content (AvgIpc) is 2.56. The Hall–Kier alpha value is -1.17. The second-order valence-electron chi connectivity index (χ2n) is 6.45. The van der Waals surface area contributed by atoms with Crippen molar-refractivity contribution in [3.8, 4) is 0 Å². The Morgan fingerprint density at radius 1 is 1.33 bits per heavy atom. The average molecular weight is 358 g/mol. The number of amides is 1. The lowest BCUT2D eigenvalue weighted by Gasteiger charge is -2.32. The summed E-state index contributed by atoms with van der Waals surface area (Å²) in [7, 11) is 3.73. The number of nitrogens with zero attached hydrogens (tertiary/aromatic N) is 2. The molecule has 1 saturated heterocycles. The lowest BCUT2D eigenvalue weighted by atomic mass is 9.93. The topological polar surface area (TPSA) is 35.6 Å². The quantitative estimate of drug-likeness (QED) is 0.814. The highest BCUT2D eigenvalue weighted by Crippen LogP contribution is 2.20. The van der Waals surface area contributed by atoms with Gasteiger partial charge in [0.2, 0.25) is 5.91 Å². The molecule has 0 unspecified atom stereocenters. The van der Waals surface area contributed by atoms with Gasteiger partial charge >= 0.3 is 0 Å². The van der Waals surface area contributed by atoms with Crippen LogP contribution in [0.2, 0.25) is 0 Å². The van der Waals surface area contributed by atoms with Gasteiger partial charge in [-0.25, -0.2) is 4.39 Å². The zero-order valence-electron chi connectivity index (χ0n) is 14.6. The molecule has 0 saturated carbocycles. The standard InChI is InChI=1S/C18H28FN3O.ClH/c1-20-10-7-15-8-11-22(12-9-15)14-18(23)21(2)13-16-5-3-4-6-17(16)19;/h3-6,15,20H,7-14H2,1-2H3;1H. The summed E-state index contributed by atoms with van der Waals surface area (Å²) in [6.45, 7) is 3.78. The SMILES string of the molecule is CNCCC1CCN(CC(=O)N(C)Cc2ccccc2F)CC1.Cl. The van der Waals surface area contributed by atoms with Gasteiger partial charge in [0.05, 0.1) is 6.54 Å². The van der Waals surface area contributed by atoms with Crippen LogP contribution in [-0.4, -0.2) is 56.0 Å². The Labute approximate surface area is 150 Å². The number of carbonyl (C=O) groups is 1. The van der Waals surface area contributed by atoms with E-state index in [1.807, 2.05) is 7.05 Å². The number of nitrogens with one attached hydrogen (secondary N) is 1. The molecule has 4 nitrogen and oxygen atoms in total. The molecule has 1 aromatic rings. The molecule has 1 fully saturated rings. The maximum Gasteiger partial charge on any atom is 0.236 e. The predicted octanol–water partition coefficient (Wildman–Crippen LogP) is 2.53.